The molecule has 0 aliphatic heterocycles. The third kappa shape index (κ3) is 2.74. The zero-order valence-electron chi connectivity index (χ0n) is 12.3. The first-order valence-corrected chi connectivity index (χ1v) is 7.38. The molecular weight excluding hydrogens is 281 g/mol. The second kappa shape index (κ2) is 5.89. The predicted octanol–water partition coefficient (Wildman–Crippen LogP) is 2.70. The quantitative estimate of drug-likeness (QED) is 0.915. The molecule has 0 saturated heterocycles. The Bertz CT molecular complexity index is 684. The monoisotopic (exact) mass is 299 g/mol. The van der Waals surface area contributed by atoms with Gasteiger partial charge >= 0.3 is 0 Å². The second-order valence-electron chi connectivity index (χ2n) is 5.74. The molecular formula is C18H18FNO2. The van der Waals surface area contributed by atoms with Crippen molar-refractivity contribution in [1.82, 2.24) is 5.32 Å². The van der Waals surface area contributed by atoms with Crippen LogP contribution in [0.4, 0.5) is 4.39 Å². The molecule has 3 nitrogen and oxygen atoms in total. The van der Waals surface area contributed by atoms with E-state index in [9.17, 15) is 14.3 Å². The summed E-state index contributed by atoms with van der Waals surface area (Å²) < 4.78 is 12.9. The highest BCUT2D eigenvalue weighted by molar-refractivity contribution is 5.83. The highest BCUT2D eigenvalue weighted by Crippen LogP contribution is 2.31. The molecule has 0 fully saturated rings. The Morgan fingerprint density at radius 2 is 1.91 bits per heavy atom. The maximum absolute atomic E-state index is 12.9. The molecule has 114 valence electrons. The van der Waals surface area contributed by atoms with Crippen molar-refractivity contribution in [3.05, 3.63) is 71.0 Å². The first-order chi connectivity index (χ1) is 10.6. The van der Waals surface area contributed by atoms with Gasteiger partial charge in [-0.2, -0.15) is 0 Å². The van der Waals surface area contributed by atoms with Crippen LogP contribution in [-0.2, 0) is 11.2 Å². The average molecular weight is 299 g/mol. The molecule has 3 rings (SSSR count). The van der Waals surface area contributed by atoms with Crippen molar-refractivity contribution in [1.29, 1.82) is 0 Å². The number of benzene rings is 2. The Morgan fingerprint density at radius 3 is 2.59 bits per heavy atom. The van der Waals surface area contributed by atoms with Crippen LogP contribution in [0.1, 0.15) is 35.6 Å². The highest BCUT2D eigenvalue weighted by Gasteiger charge is 2.32. The molecule has 0 bridgehead atoms. The summed E-state index contributed by atoms with van der Waals surface area (Å²) >= 11 is 0. The smallest absolute Gasteiger partial charge is 0.227 e. The maximum Gasteiger partial charge on any atom is 0.227 e. The maximum atomic E-state index is 12.9. The summed E-state index contributed by atoms with van der Waals surface area (Å²) in [6.07, 6.45) is -0.0558. The molecule has 2 N–H and O–H groups in total. The molecule has 1 aliphatic carbocycles. The molecule has 0 saturated carbocycles. The van der Waals surface area contributed by atoms with Gasteiger partial charge in [0.1, 0.15) is 5.82 Å². The van der Waals surface area contributed by atoms with E-state index in [0.717, 1.165) is 16.7 Å². The van der Waals surface area contributed by atoms with Crippen LogP contribution < -0.4 is 5.32 Å². The second-order valence-corrected chi connectivity index (χ2v) is 5.74. The summed E-state index contributed by atoms with van der Waals surface area (Å²) in [5.41, 5.74) is 2.70. The van der Waals surface area contributed by atoms with Gasteiger partial charge in [-0.3, -0.25) is 4.79 Å². The zero-order chi connectivity index (χ0) is 15.7. The Balaban J connectivity index is 1.69. The van der Waals surface area contributed by atoms with Gasteiger partial charge in [-0.25, -0.2) is 4.39 Å². The summed E-state index contributed by atoms with van der Waals surface area (Å²) in [5, 5.41) is 13.2. The number of amides is 1. The Kier molecular flexibility index (Phi) is 3.94. The van der Waals surface area contributed by atoms with Crippen molar-refractivity contribution >= 4 is 5.91 Å². The van der Waals surface area contributed by atoms with Gasteiger partial charge in [0.2, 0.25) is 5.91 Å². The zero-order valence-corrected chi connectivity index (χ0v) is 12.3. The molecule has 1 aliphatic rings. The number of halogens is 1. The lowest BCUT2D eigenvalue weighted by Crippen LogP contribution is -2.40. The van der Waals surface area contributed by atoms with Crippen LogP contribution in [0.2, 0.25) is 0 Å². The largest absolute Gasteiger partial charge is 0.386 e. The minimum Gasteiger partial charge on any atom is -0.386 e. The van der Waals surface area contributed by atoms with E-state index in [1.165, 1.54) is 12.1 Å². The predicted molar refractivity (Wildman–Crippen MR) is 81.9 cm³/mol. The average Bonchev–Trinajstić information content (AvgIpc) is 2.84. The first kappa shape index (κ1) is 14.7. The van der Waals surface area contributed by atoms with Crippen molar-refractivity contribution < 1.29 is 14.3 Å². The Hall–Kier alpha value is -2.20. The van der Waals surface area contributed by atoms with E-state index in [-0.39, 0.29) is 17.8 Å². The number of carbonyl (C=O) groups is 1. The molecule has 2 aromatic carbocycles. The van der Waals surface area contributed by atoms with E-state index >= 15 is 0 Å². The normalized spacial score (nSPS) is 21.2. The Labute approximate surface area is 128 Å². The van der Waals surface area contributed by atoms with Crippen LogP contribution in [0.15, 0.2) is 48.5 Å². The van der Waals surface area contributed by atoms with E-state index in [2.05, 4.69) is 5.32 Å². The number of aliphatic hydroxyl groups excluding tert-OH is 1. The van der Waals surface area contributed by atoms with Crippen molar-refractivity contribution in [2.24, 2.45) is 0 Å². The number of carbonyl (C=O) groups excluding carboxylic acids is 1. The van der Waals surface area contributed by atoms with Gasteiger partial charge in [0.15, 0.2) is 0 Å². The molecule has 0 heterocycles. The minimum absolute atomic E-state index is 0.163. The van der Waals surface area contributed by atoms with E-state index in [1.807, 2.05) is 24.3 Å². The van der Waals surface area contributed by atoms with Gasteiger partial charge in [0.05, 0.1) is 18.1 Å². The van der Waals surface area contributed by atoms with Crippen LogP contribution in [-0.4, -0.2) is 17.1 Å². The summed E-state index contributed by atoms with van der Waals surface area (Å²) in [7, 11) is 0. The van der Waals surface area contributed by atoms with Gasteiger partial charge in [-0.15, -0.1) is 0 Å². The molecule has 0 aromatic heterocycles. The fourth-order valence-electron chi connectivity index (χ4n) is 2.91. The Morgan fingerprint density at radius 1 is 1.23 bits per heavy atom. The number of fused-ring (bicyclic) bond motifs is 1. The highest BCUT2D eigenvalue weighted by atomic mass is 19.1. The molecule has 22 heavy (non-hydrogen) atoms. The molecule has 1 amide bonds. The van der Waals surface area contributed by atoms with Gasteiger partial charge in [0, 0.05) is 0 Å². The summed E-state index contributed by atoms with van der Waals surface area (Å²) in [5.74, 6) is -0.877. The summed E-state index contributed by atoms with van der Waals surface area (Å²) in [6, 6.07) is 13.3. The van der Waals surface area contributed by atoms with Crippen molar-refractivity contribution in [3.63, 3.8) is 0 Å². The first-order valence-electron chi connectivity index (χ1n) is 7.38. The summed E-state index contributed by atoms with van der Waals surface area (Å²) in [6.45, 7) is 1.77. The van der Waals surface area contributed by atoms with Crippen molar-refractivity contribution in [3.8, 4) is 0 Å². The topological polar surface area (TPSA) is 49.3 Å². The van der Waals surface area contributed by atoms with E-state index in [4.69, 9.17) is 0 Å². The molecule has 3 atom stereocenters. The fraction of sp³-hybridized carbons (Fsp3) is 0.278. The van der Waals surface area contributed by atoms with Gasteiger partial charge < -0.3 is 10.4 Å². The number of rotatable bonds is 3. The fourth-order valence-corrected chi connectivity index (χ4v) is 2.91. The van der Waals surface area contributed by atoms with Gasteiger partial charge in [0.25, 0.3) is 0 Å². The number of hydrogen-bond donors (Lipinski definition) is 2. The standard InChI is InChI=1S/C18H18FNO2/c1-11(12-6-8-14(19)9-7-12)18(22)20-16-10-13-4-2-3-5-15(13)17(16)21/h2-9,11,16-17,21H,10H2,1H3,(H,20,22)/t11-,16?,17?/m0/s1. The third-order valence-corrected chi connectivity index (χ3v) is 4.29. The number of aliphatic hydroxyl groups is 1. The third-order valence-electron chi connectivity index (χ3n) is 4.29. The van der Waals surface area contributed by atoms with Crippen LogP contribution in [0.3, 0.4) is 0 Å². The van der Waals surface area contributed by atoms with E-state index < -0.39 is 12.0 Å². The molecule has 4 heteroatoms. The lowest BCUT2D eigenvalue weighted by atomic mass is 9.99. The number of hydrogen-bond acceptors (Lipinski definition) is 2. The lowest BCUT2D eigenvalue weighted by Gasteiger charge is -2.20. The molecule has 0 spiro atoms. The van der Waals surface area contributed by atoms with Crippen molar-refractivity contribution in [2.75, 3.05) is 0 Å². The van der Waals surface area contributed by atoms with E-state index in [0.29, 0.717) is 6.42 Å². The van der Waals surface area contributed by atoms with E-state index in [1.54, 1.807) is 19.1 Å². The van der Waals surface area contributed by atoms with Crippen LogP contribution in [0.25, 0.3) is 0 Å². The van der Waals surface area contributed by atoms with Crippen LogP contribution >= 0.6 is 0 Å². The lowest BCUT2D eigenvalue weighted by molar-refractivity contribution is -0.123. The van der Waals surface area contributed by atoms with Crippen LogP contribution in [0.5, 0.6) is 0 Å². The molecule has 0 radical (unpaired) electrons. The van der Waals surface area contributed by atoms with Gasteiger partial charge in [-0.05, 0) is 42.2 Å². The SMILES string of the molecule is C[C@H](C(=O)NC1Cc2ccccc2C1O)c1ccc(F)cc1. The molecule has 2 unspecified atom stereocenters. The number of nitrogens with one attached hydrogen (secondary N) is 1. The van der Waals surface area contributed by atoms with Crippen LogP contribution in [0, 0.1) is 5.82 Å². The minimum atomic E-state index is -0.680. The van der Waals surface area contributed by atoms with Gasteiger partial charge in [-0.1, -0.05) is 36.4 Å². The molecule has 2 aromatic rings. The summed E-state index contributed by atoms with van der Waals surface area (Å²) in [4.78, 5) is 12.4. The van der Waals surface area contributed by atoms with Crippen molar-refractivity contribution in [2.45, 2.75) is 31.4 Å².